The zero-order chi connectivity index (χ0) is 18.6. The van der Waals surface area contributed by atoms with Crippen LogP contribution in [0.2, 0.25) is 0 Å². The normalized spacial score (nSPS) is 23.8. The minimum Gasteiger partial charge on any atom is -0.508 e. The first kappa shape index (κ1) is 19.2. The summed E-state index contributed by atoms with van der Waals surface area (Å²) < 4.78 is 22.9. The number of hydrogen-bond acceptors (Lipinski definition) is 5. The molecule has 0 saturated carbocycles. The lowest BCUT2D eigenvalue weighted by Gasteiger charge is -2.31. The Bertz CT molecular complexity index is 710. The molecule has 1 amide bonds. The Labute approximate surface area is 155 Å². The number of phenols is 1. The fourth-order valence-corrected chi connectivity index (χ4v) is 5.53. The molecule has 0 aromatic heterocycles. The summed E-state index contributed by atoms with van der Waals surface area (Å²) in [6, 6.07) is 7.18. The number of nitrogens with one attached hydrogen (secondary N) is 1. The van der Waals surface area contributed by atoms with Crippen molar-refractivity contribution in [2.24, 2.45) is 5.92 Å². The van der Waals surface area contributed by atoms with E-state index in [1.807, 2.05) is 12.1 Å². The molecule has 2 aliphatic rings. The molecule has 1 aromatic rings. The van der Waals surface area contributed by atoms with Crippen molar-refractivity contribution in [2.45, 2.75) is 38.1 Å². The highest BCUT2D eigenvalue weighted by Gasteiger charge is 2.29. The van der Waals surface area contributed by atoms with E-state index in [0.717, 1.165) is 38.8 Å². The molecule has 0 aliphatic carbocycles. The molecule has 2 N–H and O–H groups in total. The topological polar surface area (TPSA) is 86.7 Å². The average molecular weight is 381 g/mol. The third-order valence-electron chi connectivity index (χ3n) is 5.45. The smallest absolute Gasteiger partial charge is 0.234 e. The van der Waals surface area contributed by atoms with Crippen LogP contribution in [0, 0.1) is 5.92 Å². The number of benzene rings is 1. The SMILES string of the molecule is O=C(CN1CCC(CCc2ccc(O)cc2)CC1)N[C@@H]1CCS(=O)(=O)C1. The van der Waals surface area contributed by atoms with Gasteiger partial charge in [-0.05, 0) is 68.8 Å². The molecule has 1 atom stereocenters. The van der Waals surface area contributed by atoms with Gasteiger partial charge in [-0.2, -0.15) is 0 Å². The average Bonchev–Trinajstić information content (AvgIpc) is 2.94. The summed E-state index contributed by atoms with van der Waals surface area (Å²) in [4.78, 5) is 14.3. The lowest BCUT2D eigenvalue weighted by atomic mass is 9.90. The van der Waals surface area contributed by atoms with Gasteiger partial charge in [-0.3, -0.25) is 9.69 Å². The van der Waals surface area contributed by atoms with Gasteiger partial charge in [-0.25, -0.2) is 8.42 Å². The van der Waals surface area contributed by atoms with E-state index in [-0.39, 0.29) is 23.5 Å². The van der Waals surface area contributed by atoms with Crippen molar-refractivity contribution < 1.29 is 18.3 Å². The zero-order valence-corrected chi connectivity index (χ0v) is 15.9. The van der Waals surface area contributed by atoms with Crippen molar-refractivity contribution >= 4 is 15.7 Å². The summed E-state index contributed by atoms with van der Waals surface area (Å²) in [5.74, 6) is 1.18. The molecular formula is C19H28N2O4S. The zero-order valence-electron chi connectivity index (χ0n) is 15.1. The van der Waals surface area contributed by atoms with Crippen LogP contribution in [0.15, 0.2) is 24.3 Å². The minimum atomic E-state index is -2.96. The number of phenolic OH excluding ortho intramolecular Hbond substituents is 1. The minimum absolute atomic E-state index is 0.0605. The van der Waals surface area contributed by atoms with Gasteiger partial charge in [0.2, 0.25) is 5.91 Å². The van der Waals surface area contributed by atoms with Crippen molar-refractivity contribution in [3.8, 4) is 5.75 Å². The van der Waals surface area contributed by atoms with Crippen molar-refractivity contribution in [1.82, 2.24) is 10.2 Å². The van der Waals surface area contributed by atoms with Crippen LogP contribution in [-0.2, 0) is 21.1 Å². The second kappa shape index (κ2) is 8.39. The van der Waals surface area contributed by atoms with Crippen molar-refractivity contribution in [1.29, 1.82) is 0 Å². The number of aryl methyl sites for hydroxylation is 1. The Hall–Kier alpha value is -1.60. The summed E-state index contributed by atoms with van der Waals surface area (Å²) in [6.07, 6.45) is 4.85. The second-order valence-electron chi connectivity index (χ2n) is 7.59. The predicted octanol–water partition coefficient (Wildman–Crippen LogP) is 1.34. The van der Waals surface area contributed by atoms with Crippen LogP contribution in [0.4, 0.5) is 0 Å². The highest BCUT2D eigenvalue weighted by Crippen LogP contribution is 2.23. The molecule has 2 aliphatic heterocycles. The van der Waals surface area contributed by atoms with Gasteiger partial charge in [0.05, 0.1) is 18.1 Å². The van der Waals surface area contributed by atoms with E-state index in [1.165, 1.54) is 5.56 Å². The molecule has 1 aromatic carbocycles. The van der Waals surface area contributed by atoms with Crippen molar-refractivity contribution in [3.05, 3.63) is 29.8 Å². The van der Waals surface area contributed by atoms with E-state index in [1.54, 1.807) is 12.1 Å². The quantitative estimate of drug-likeness (QED) is 0.778. The predicted molar refractivity (Wildman–Crippen MR) is 101 cm³/mol. The van der Waals surface area contributed by atoms with E-state index in [4.69, 9.17) is 0 Å². The Morgan fingerprint density at radius 1 is 1.15 bits per heavy atom. The van der Waals surface area contributed by atoms with Crippen LogP contribution in [0.1, 0.15) is 31.2 Å². The molecule has 0 radical (unpaired) electrons. The largest absolute Gasteiger partial charge is 0.508 e. The standard InChI is InChI=1S/C19H28N2O4S/c22-18-5-3-15(4-6-18)1-2-16-7-10-21(11-8-16)13-19(23)20-17-9-12-26(24,25)14-17/h3-6,16-17,22H,1-2,7-14H2,(H,20,23)/t17-/m1/s1. The number of sulfone groups is 1. The lowest BCUT2D eigenvalue weighted by molar-refractivity contribution is -0.123. The van der Waals surface area contributed by atoms with Crippen LogP contribution >= 0.6 is 0 Å². The number of nitrogens with zero attached hydrogens (tertiary/aromatic N) is 1. The Balaban J connectivity index is 1.34. The number of rotatable bonds is 6. The fraction of sp³-hybridized carbons (Fsp3) is 0.632. The molecule has 6 nitrogen and oxygen atoms in total. The van der Waals surface area contributed by atoms with Gasteiger partial charge in [0.25, 0.3) is 0 Å². The first-order chi connectivity index (χ1) is 12.4. The van der Waals surface area contributed by atoms with E-state index in [9.17, 15) is 18.3 Å². The maximum atomic E-state index is 12.1. The number of aromatic hydroxyl groups is 1. The summed E-state index contributed by atoms with van der Waals surface area (Å²) >= 11 is 0. The maximum Gasteiger partial charge on any atom is 0.234 e. The van der Waals surface area contributed by atoms with Crippen LogP contribution in [0.25, 0.3) is 0 Å². The third-order valence-corrected chi connectivity index (χ3v) is 7.22. The number of likely N-dealkylation sites (tertiary alicyclic amines) is 1. The number of carbonyl (C=O) groups is 1. The summed E-state index contributed by atoms with van der Waals surface area (Å²) in [5, 5.41) is 12.2. The Morgan fingerprint density at radius 3 is 2.46 bits per heavy atom. The number of hydrogen-bond donors (Lipinski definition) is 2. The number of amides is 1. The lowest BCUT2D eigenvalue weighted by Crippen LogP contribution is -2.45. The fourth-order valence-electron chi connectivity index (χ4n) is 3.85. The summed E-state index contributed by atoms with van der Waals surface area (Å²) in [6.45, 7) is 2.19. The van der Waals surface area contributed by atoms with Gasteiger partial charge in [0, 0.05) is 6.04 Å². The molecule has 3 rings (SSSR count). The van der Waals surface area contributed by atoms with Gasteiger partial charge < -0.3 is 10.4 Å². The molecule has 0 bridgehead atoms. The maximum absolute atomic E-state index is 12.1. The van der Waals surface area contributed by atoms with Crippen LogP contribution in [0.5, 0.6) is 5.75 Å². The Morgan fingerprint density at radius 2 is 1.85 bits per heavy atom. The third kappa shape index (κ3) is 5.71. The molecule has 7 heteroatoms. The molecule has 2 saturated heterocycles. The van der Waals surface area contributed by atoms with E-state index >= 15 is 0 Å². The van der Waals surface area contributed by atoms with E-state index < -0.39 is 9.84 Å². The van der Waals surface area contributed by atoms with Gasteiger partial charge in [0.1, 0.15) is 5.75 Å². The molecule has 144 valence electrons. The second-order valence-corrected chi connectivity index (χ2v) is 9.82. The first-order valence-electron chi connectivity index (χ1n) is 9.40. The molecule has 26 heavy (non-hydrogen) atoms. The monoisotopic (exact) mass is 380 g/mol. The molecular weight excluding hydrogens is 352 g/mol. The summed E-state index contributed by atoms with van der Waals surface area (Å²) in [7, 11) is -2.96. The van der Waals surface area contributed by atoms with Gasteiger partial charge in [-0.15, -0.1) is 0 Å². The van der Waals surface area contributed by atoms with E-state index in [0.29, 0.717) is 24.6 Å². The van der Waals surface area contributed by atoms with Crippen LogP contribution in [0.3, 0.4) is 0 Å². The highest BCUT2D eigenvalue weighted by molar-refractivity contribution is 7.91. The number of piperidine rings is 1. The molecule has 0 spiro atoms. The van der Waals surface area contributed by atoms with E-state index in [2.05, 4.69) is 10.2 Å². The summed E-state index contributed by atoms with van der Waals surface area (Å²) in [5.41, 5.74) is 1.25. The first-order valence-corrected chi connectivity index (χ1v) is 11.2. The van der Waals surface area contributed by atoms with Crippen molar-refractivity contribution in [3.63, 3.8) is 0 Å². The van der Waals surface area contributed by atoms with Gasteiger partial charge >= 0.3 is 0 Å². The number of carbonyl (C=O) groups excluding carboxylic acids is 1. The van der Waals surface area contributed by atoms with Crippen LogP contribution in [-0.4, -0.2) is 61.5 Å². The Kier molecular flexibility index (Phi) is 6.19. The molecule has 0 unspecified atom stereocenters. The van der Waals surface area contributed by atoms with Gasteiger partial charge in [-0.1, -0.05) is 12.1 Å². The molecule has 2 fully saturated rings. The van der Waals surface area contributed by atoms with Crippen molar-refractivity contribution in [2.75, 3.05) is 31.1 Å². The molecule has 2 heterocycles. The van der Waals surface area contributed by atoms with Crippen LogP contribution < -0.4 is 5.32 Å². The highest BCUT2D eigenvalue weighted by atomic mass is 32.2. The van der Waals surface area contributed by atoms with Gasteiger partial charge in [0.15, 0.2) is 9.84 Å².